The zero-order valence-corrected chi connectivity index (χ0v) is 29.4. The molecule has 229 valence electrons. The third-order valence-electron chi connectivity index (χ3n) is 7.75. The van der Waals surface area contributed by atoms with Gasteiger partial charge in [0.25, 0.3) is 0 Å². The molecule has 2 heterocycles. The minimum Gasteiger partial charge on any atom is -0.512 e. The van der Waals surface area contributed by atoms with Crippen LogP contribution in [0.15, 0.2) is 60.6 Å². The molecule has 4 nitrogen and oxygen atoms in total. The number of aromatic nitrogens is 2. The standard InChI is InChI=1S/C24H25N2.C13H24O2.Ir/c1-16-8-17(2)10-20(9-16)23-25-14-22-12-19-7-6-18(13-24(3,4)5)11-21(19)15-26(22)23;1-5-10(6-2)12(14)9-13(15)11(7-3)8-4;/h6-9,11-12,14-15H,13H2,1-5H3;9-11,14H,5-8H2,1-4H3;/q-1;;/b;12-9-;. The van der Waals surface area contributed by atoms with Gasteiger partial charge in [0, 0.05) is 50.4 Å². The van der Waals surface area contributed by atoms with Crippen molar-refractivity contribution in [2.45, 2.75) is 94.4 Å². The Kier molecular flexibility index (Phi) is 13.2. The minimum absolute atomic E-state index is 0. The van der Waals surface area contributed by atoms with Crippen molar-refractivity contribution < 1.29 is 30.0 Å². The van der Waals surface area contributed by atoms with Gasteiger partial charge < -0.3 is 9.51 Å². The smallest absolute Gasteiger partial charge is 0.162 e. The molecule has 1 N–H and O–H groups in total. The number of carbonyl (C=O) groups excluding carboxylic acids is 1. The summed E-state index contributed by atoms with van der Waals surface area (Å²) in [6, 6.07) is 16.8. The number of nitrogens with zero attached hydrogens (tertiary/aromatic N) is 2. The number of allylic oxidation sites excluding steroid dienone is 2. The Bertz CT molecular complexity index is 1480. The van der Waals surface area contributed by atoms with Gasteiger partial charge in [-0.15, -0.1) is 34.9 Å². The van der Waals surface area contributed by atoms with Gasteiger partial charge in [0.1, 0.15) is 0 Å². The van der Waals surface area contributed by atoms with E-state index in [-0.39, 0.29) is 48.9 Å². The first-order chi connectivity index (χ1) is 19.4. The van der Waals surface area contributed by atoms with Crippen LogP contribution in [0.1, 0.15) is 90.8 Å². The second-order valence-electron chi connectivity index (χ2n) is 12.6. The second kappa shape index (κ2) is 15.6. The van der Waals surface area contributed by atoms with E-state index in [1.807, 2.05) is 33.9 Å². The van der Waals surface area contributed by atoms with Crippen molar-refractivity contribution in [3.8, 4) is 11.4 Å². The molecule has 4 rings (SSSR count). The van der Waals surface area contributed by atoms with Crippen molar-refractivity contribution in [3.63, 3.8) is 0 Å². The quantitative estimate of drug-likeness (QED) is 0.105. The normalized spacial score (nSPS) is 12.0. The van der Waals surface area contributed by atoms with Gasteiger partial charge in [-0.25, -0.2) is 0 Å². The van der Waals surface area contributed by atoms with Crippen LogP contribution in [-0.2, 0) is 31.3 Å². The third kappa shape index (κ3) is 9.38. The summed E-state index contributed by atoms with van der Waals surface area (Å²) >= 11 is 0. The summed E-state index contributed by atoms with van der Waals surface area (Å²) < 4.78 is 2.19. The molecule has 0 saturated carbocycles. The predicted molar refractivity (Wildman–Crippen MR) is 173 cm³/mol. The molecule has 2 aromatic carbocycles. The summed E-state index contributed by atoms with van der Waals surface area (Å²) in [5, 5.41) is 12.3. The van der Waals surface area contributed by atoms with Crippen molar-refractivity contribution in [1.82, 2.24) is 9.38 Å². The number of imidazole rings is 1. The number of pyridine rings is 1. The van der Waals surface area contributed by atoms with Gasteiger partial charge >= 0.3 is 0 Å². The third-order valence-corrected chi connectivity index (χ3v) is 7.75. The van der Waals surface area contributed by atoms with Crippen LogP contribution in [0.3, 0.4) is 0 Å². The maximum Gasteiger partial charge on any atom is 0.162 e. The molecule has 2 aromatic heterocycles. The largest absolute Gasteiger partial charge is 0.512 e. The van der Waals surface area contributed by atoms with Crippen molar-refractivity contribution in [3.05, 3.63) is 83.4 Å². The molecule has 0 amide bonds. The SMILES string of the molecule is CCC(CC)C(=O)/C=C(\O)C(CC)CC.Cc1[c-]c(-c2ncc3cc4ccc(CC(C)(C)C)cc4cn23)cc(C)c1.[Ir]. The van der Waals surface area contributed by atoms with Crippen LogP contribution in [0.2, 0.25) is 0 Å². The Morgan fingerprint density at radius 1 is 0.952 bits per heavy atom. The number of benzene rings is 2. The zero-order valence-electron chi connectivity index (χ0n) is 27.0. The Labute approximate surface area is 267 Å². The maximum atomic E-state index is 11.7. The molecule has 0 atom stereocenters. The zero-order chi connectivity index (χ0) is 30.3. The molecule has 0 unspecified atom stereocenters. The molecule has 0 aliphatic heterocycles. The minimum atomic E-state index is 0. The topological polar surface area (TPSA) is 54.6 Å². The second-order valence-corrected chi connectivity index (χ2v) is 12.6. The van der Waals surface area contributed by atoms with E-state index < -0.39 is 0 Å². The first-order valence-electron chi connectivity index (χ1n) is 15.2. The van der Waals surface area contributed by atoms with Crippen molar-refractivity contribution in [2.75, 3.05) is 0 Å². The summed E-state index contributed by atoms with van der Waals surface area (Å²) in [6.45, 7) is 19.1. The van der Waals surface area contributed by atoms with Crippen LogP contribution in [0.5, 0.6) is 0 Å². The molecule has 5 heteroatoms. The van der Waals surface area contributed by atoms with Crippen molar-refractivity contribution in [2.24, 2.45) is 17.3 Å². The Hall–Kier alpha value is -2.75. The van der Waals surface area contributed by atoms with E-state index in [1.165, 1.54) is 28.0 Å². The Balaban J connectivity index is 0.000000334. The van der Waals surface area contributed by atoms with Gasteiger partial charge in [0.2, 0.25) is 0 Å². The van der Waals surface area contributed by atoms with E-state index in [9.17, 15) is 9.90 Å². The Morgan fingerprint density at radius 2 is 1.60 bits per heavy atom. The van der Waals surface area contributed by atoms with Gasteiger partial charge in [-0.2, -0.15) is 0 Å². The summed E-state index contributed by atoms with van der Waals surface area (Å²) in [6.07, 6.45) is 10.1. The van der Waals surface area contributed by atoms with Crippen LogP contribution in [-0.4, -0.2) is 20.3 Å². The number of hydrogen-bond donors (Lipinski definition) is 1. The van der Waals surface area contributed by atoms with E-state index in [1.54, 1.807) is 0 Å². The fraction of sp³-hybridized carbons (Fsp3) is 0.459. The van der Waals surface area contributed by atoms with Gasteiger partial charge in [0.05, 0.1) is 17.1 Å². The van der Waals surface area contributed by atoms with Crippen LogP contribution < -0.4 is 0 Å². The summed E-state index contributed by atoms with van der Waals surface area (Å²) in [4.78, 5) is 16.4. The molecule has 42 heavy (non-hydrogen) atoms. The van der Waals surface area contributed by atoms with Crippen LogP contribution in [0, 0.1) is 37.2 Å². The molecular formula is C37H49IrN2O2-. The number of ketones is 1. The van der Waals surface area contributed by atoms with Crippen LogP contribution >= 0.6 is 0 Å². The van der Waals surface area contributed by atoms with E-state index in [4.69, 9.17) is 0 Å². The fourth-order valence-electron chi connectivity index (χ4n) is 5.50. The monoisotopic (exact) mass is 746 g/mol. The van der Waals surface area contributed by atoms with E-state index in [0.717, 1.165) is 54.6 Å². The number of aliphatic hydroxyl groups excluding tert-OH is 1. The molecule has 1 radical (unpaired) electrons. The van der Waals surface area contributed by atoms with Crippen LogP contribution in [0.4, 0.5) is 0 Å². The average molecular weight is 746 g/mol. The fourth-order valence-corrected chi connectivity index (χ4v) is 5.50. The molecule has 0 aliphatic carbocycles. The average Bonchev–Trinajstić information content (AvgIpc) is 3.30. The van der Waals surface area contributed by atoms with Gasteiger partial charge in [-0.3, -0.25) is 9.78 Å². The first kappa shape index (κ1) is 35.4. The number of fused-ring (bicyclic) bond motifs is 2. The van der Waals surface area contributed by atoms with E-state index >= 15 is 0 Å². The number of hydrogen-bond acceptors (Lipinski definition) is 3. The summed E-state index contributed by atoms with van der Waals surface area (Å²) in [5.74, 6) is 1.50. The van der Waals surface area contributed by atoms with E-state index in [2.05, 4.69) is 92.7 Å². The summed E-state index contributed by atoms with van der Waals surface area (Å²) in [7, 11) is 0. The Morgan fingerprint density at radius 3 is 2.17 bits per heavy atom. The molecule has 0 saturated heterocycles. The molecule has 4 aromatic rings. The predicted octanol–water partition coefficient (Wildman–Crippen LogP) is 10.0. The number of carbonyl (C=O) groups is 1. The van der Waals surface area contributed by atoms with Crippen molar-refractivity contribution >= 4 is 22.1 Å². The molecule has 0 aliphatic rings. The first-order valence-corrected chi connectivity index (χ1v) is 15.2. The molecule has 0 bridgehead atoms. The van der Waals surface area contributed by atoms with E-state index in [0.29, 0.717) is 0 Å². The molecule has 0 spiro atoms. The van der Waals surface area contributed by atoms with Crippen molar-refractivity contribution in [1.29, 1.82) is 0 Å². The van der Waals surface area contributed by atoms with Gasteiger partial charge in [-0.05, 0) is 66.0 Å². The van der Waals surface area contributed by atoms with Gasteiger partial charge in [-0.1, -0.05) is 74.4 Å². The number of aliphatic hydroxyl groups is 1. The summed E-state index contributed by atoms with van der Waals surface area (Å²) in [5.41, 5.74) is 6.21. The number of aryl methyl sites for hydroxylation is 2. The van der Waals surface area contributed by atoms with Gasteiger partial charge in [0.15, 0.2) is 5.78 Å². The van der Waals surface area contributed by atoms with Crippen LogP contribution in [0.25, 0.3) is 27.7 Å². The molecule has 0 fully saturated rings. The maximum absolute atomic E-state index is 11.7. The number of rotatable bonds is 9. The molecular weight excluding hydrogens is 697 g/mol.